The number of nitro groups is 1. The van der Waals surface area contributed by atoms with E-state index in [1.165, 1.54) is 34.6 Å². The summed E-state index contributed by atoms with van der Waals surface area (Å²) >= 11 is 5.62. The number of ether oxygens (including phenoxy) is 1. The van der Waals surface area contributed by atoms with E-state index in [2.05, 4.69) is 0 Å². The number of fused-ring (bicyclic) bond motifs is 3. The number of nitrogens with zero attached hydrogens (tertiary/aromatic N) is 2. The Kier molecular flexibility index (Phi) is 5.21. The van der Waals surface area contributed by atoms with Crippen LogP contribution >= 0.6 is 32.9 Å². The highest BCUT2D eigenvalue weighted by Crippen LogP contribution is 2.53. The van der Waals surface area contributed by atoms with Gasteiger partial charge in [0, 0.05) is 28.8 Å². The van der Waals surface area contributed by atoms with Crippen molar-refractivity contribution in [1.29, 1.82) is 0 Å². The molecule has 0 spiro atoms. The topological polar surface area (TPSA) is 72.7 Å². The number of rotatable bonds is 4. The smallest absolute Gasteiger partial charge is 0.269 e. The summed E-state index contributed by atoms with van der Waals surface area (Å²) in [6, 6.07) is 11.3. The molecule has 0 bridgehead atoms. The van der Waals surface area contributed by atoms with Gasteiger partial charge < -0.3 is 4.74 Å². The zero-order chi connectivity index (χ0) is 21.6. The Morgan fingerprint density at radius 1 is 1.20 bits per heavy atom. The first-order chi connectivity index (χ1) is 14.3. The highest BCUT2D eigenvalue weighted by molar-refractivity contribution is 7.80. The Hall–Kier alpha value is -2.62. The first kappa shape index (κ1) is 20.6. The second kappa shape index (κ2) is 7.57. The molecule has 0 saturated carbocycles. The summed E-state index contributed by atoms with van der Waals surface area (Å²) < 4.78 is 6.47. The van der Waals surface area contributed by atoms with Crippen LogP contribution in [-0.4, -0.2) is 17.4 Å². The van der Waals surface area contributed by atoms with Crippen molar-refractivity contribution in [3.8, 4) is 16.9 Å². The predicted molar refractivity (Wildman–Crippen MR) is 123 cm³/mol. The summed E-state index contributed by atoms with van der Waals surface area (Å²) in [5.41, 5.74) is 2.30. The van der Waals surface area contributed by atoms with Crippen molar-refractivity contribution in [1.82, 2.24) is 0 Å². The van der Waals surface area contributed by atoms with E-state index < -0.39 is 10.5 Å². The predicted octanol–water partition coefficient (Wildman–Crippen LogP) is 6.41. The third-order valence-electron chi connectivity index (χ3n) is 5.06. The lowest BCUT2D eigenvalue weighted by Crippen LogP contribution is -2.47. The fourth-order valence-corrected chi connectivity index (χ4v) is 6.96. The van der Waals surface area contributed by atoms with Gasteiger partial charge in [-0.25, -0.2) is 0 Å². The summed E-state index contributed by atoms with van der Waals surface area (Å²) in [6.45, 7) is 6.44. The molecule has 9 heteroatoms. The van der Waals surface area contributed by atoms with Gasteiger partial charge in [0.25, 0.3) is 11.6 Å². The first-order valence-corrected chi connectivity index (χ1v) is 11.8. The zero-order valence-corrected chi connectivity index (χ0v) is 19.0. The van der Waals surface area contributed by atoms with E-state index in [1.807, 2.05) is 39.0 Å². The Morgan fingerprint density at radius 2 is 1.90 bits per heavy atom. The lowest BCUT2D eigenvalue weighted by Gasteiger charge is -2.43. The van der Waals surface area contributed by atoms with Crippen molar-refractivity contribution in [3.63, 3.8) is 0 Å². The maximum absolute atomic E-state index is 13.6. The average molecular weight is 459 g/mol. The van der Waals surface area contributed by atoms with E-state index >= 15 is 0 Å². The third-order valence-corrected chi connectivity index (χ3v) is 8.39. The number of carbonyl (C=O) groups is 1. The van der Waals surface area contributed by atoms with Gasteiger partial charge in [0.15, 0.2) is 0 Å². The summed E-state index contributed by atoms with van der Waals surface area (Å²) in [5, 5.41) is 11.0. The van der Waals surface area contributed by atoms with Crippen LogP contribution < -0.4 is 9.64 Å². The Balaban J connectivity index is 1.89. The van der Waals surface area contributed by atoms with Gasteiger partial charge >= 0.3 is 0 Å². The van der Waals surface area contributed by atoms with E-state index in [1.54, 1.807) is 15.2 Å². The number of non-ortho nitro benzene ring substituents is 1. The molecule has 0 radical (unpaired) electrons. The van der Waals surface area contributed by atoms with E-state index in [0.29, 0.717) is 12.2 Å². The monoisotopic (exact) mass is 458 g/mol. The standard InChI is InChI=1S/C21H18N2O4S3/c1-4-27-14-9-10-16-15(11-14)17-18(29-30-20(17)28)21(2,3)22(16)19(24)12-5-7-13(8-6-12)23(25)26/h5-11H,4H2,1-3H3. The van der Waals surface area contributed by atoms with Gasteiger partial charge in [-0.2, -0.15) is 0 Å². The SMILES string of the molecule is CCOc1ccc2c(c1)-c1c(ssc1=S)C(C)(C)N2C(=O)c1ccc([N+](=O)[O-])cc1. The molecule has 1 aliphatic heterocycles. The van der Waals surface area contributed by atoms with Crippen molar-refractivity contribution < 1.29 is 14.5 Å². The molecule has 0 saturated heterocycles. The number of amides is 1. The fraction of sp³-hybridized carbons (Fsp3) is 0.238. The van der Waals surface area contributed by atoms with Crippen molar-refractivity contribution in [2.24, 2.45) is 0 Å². The minimum Gasteiger partial charge on any atom is -0.494 e. The van der Waals surface area contributed by atoms with Gasteiger partial charge in [0.2, 0.25) is 0 Å². The van der Waals surface area contributed by atoms with Crippen molar-refractivity contribution >= 4 is 50.2 Å². The number of hydrogen-bond acceptors (Lipinski definition) is 7. The van der Waals surface area contributed by atoms with Crippen LogP contribution in [0.4, 0.5) is 11.4 Å². The summed E-state index contributed by atoms with van der Waals surface area (Å²) in [4.78, 5) is 26.9. The molecule has 6 nitrogen and oxygen atoms in total. The lowest BCUT2D eigenvalue weighted by atomic mass is 9.86. The van der Waals surface area contributed by atoms with Crippen LogP contribution in [0, 0.1) is 13.9 Å². The molecule has 0 aliphatic carbocycles. The lowest BCUT2D eigenvalue weighted by molar-refractivity contribution is -0.384. The molecule has 1 aliphatic rings. The van der Waals surface area contributed by atoms with Crippen LogP contribution in [-0.2, 0) is 5.54 Å². The molecule has 1 amide bonds. The Labute approximate surface area is 185 Å². The summed E-state index contributed by atoms with van der Waals surface area (Å²) in [6.07, 6.45) is 0. The summed E-state index contributed by atoms with van der Waals surface area (Å²) in [7, 11) is 3.10. The molecule has 2 aromatic carbocycles. The largest absolute Gasteiger partial charge is 0.494 e. The maximum Gasteiger partial charge on any atom is 0.269 e. The first-order valence-electron chi connectivity index (χ1n) is 9.25. The van der Waals surface area contributed by atoms with Gasteiger partial charge in [0.1, 0.15) is 9.57 Å². The second-order valence-corrected chi connectivity index (χ2v) is 10.1. The number of carbonyl (C=O) groups excluding carboxylic acids is 1. The van der Waals surface area contributed by atoms with Gasteiger partial charge in [0.05, 0.1) is 27.6 Å². The molecule has 0 atom stereocenters. The van der Waals surface area contributed by atoms with Gasteiger partial charge in [-0.05, 0) is 51.1 Å². The molecular weight excluding hydrogens is 440 g/mol. The van der Waals surface area contributed by atoms with Crippen LogP contribution in [0.3, 0.4) is 0 Å². The quantitative estimate of drug-likeness (QED) is 0.195. The minimum absolute atomic E-state index is 0.0516. The second-order valence-electron chi connectivity index (χ2n) is 7.27. The number of anilines is 1. The van der Waals surface area contributed by atoms with Crippen molar-refractivity contribution in [2.45, 2.75) is 26.3 Å². The van der Waals surface area contributed by atoms with Crippen molar-refractivity contribution in [3.05, 3.63) is 66.8 Å². The molecular formula is C21H18N2O4S3. The molecule has 2 heterocycles. The van der Waals surface area contributed by atoms with E-state index in [-0.39, 0.29) is 11.6 Å². The van der Waals surface area contributed by atoms with Crippen LogP contribution in [0.15, 0.2) is 42.5 Å². The normalized spacial score (nSPS) is 14.0. The zero-order valence-electron chi connectivity index (χ0n) is 16.5. The van der Waals surface area contributed by atoms with E-state index in [4.69, 9.17) is 17.0 Å². The van der Waals surface area contributed by atoms with Gasteiger partial charge in [-0.1, -0.05) is 32.9 Å². The summed E-state index contributed by atoms with van der Waals surface area (Å²) in [5.74, 6) is 0.491. The van der Waals surface area contributed by atoms with Gasteiger partial charge in [-0.15, -0.1) is 0 Å². The van der Waals surface area contributed by atoms with Crippen LogP contribution in [0.1, 0.15) is 36.0 Å². The average Bonchev–Trinajstić information content (AvgIpc) is 3.11. The van der Waals surface area contributed by atoms with Gasteiger partial charge in [-0.3, -0.25) is 19.8 Å². The molecule has 4 rings (SSSR count). The van der Waals surface area contributed by atoms with Crippen LogP contribution in [0.2, 0.25) is 0 Å². The van der Waals surface area contributed by atoms with Crippen LogP contribution in [0.5, 0.6) is 5.75 Å². The molecule has 0 N–H and O–H groups in total. The number of benzene rings is 2. The molecule has 30 heavy (non-hydrogen) atoms. The van der Waals surface area contributed by atoms with E-state index in [0.717, 1.165) is 31.3 Å². The maximum atomic E-state index is 13.6. The number of nitro benzene ring substituents is 1. The third kappa shape index (κ3) is 3.23. The highest BCUT2D eigenvalue weighted by Gasteiger charge is 2.43. The number of hydrogen-bond donors (Lipinski definition) is 0. The Bertz CT molecular complexity index is 1210. The van der Waals surface area contributed by atoms with Crippen LogP contribution in [0.25, 0.3) is 11.1 Å². The highest BCUT2D eigenvalue weighted by atomic mass is 32.9. The van der Waals surface area contributed by atoms with E-state index in [9.17, 15) is 14.9 Å². The molecule has 1 aromatic heterocycles. The molecule has 154 valence electrons. The van der Waals surface area contributed by atoms with Crippen molar-refractivity contribution in [2.75, 3.05) is 11.5 Å². The molecule has 0 unspecified atom stereocenters. The molecule has 0 fully saturated rings. The minimum atomic E-state index is -0.632. The Morgan fingerprint density at radius 3 is 2.53 bits per heavy atom. The molecule has 3 aromatic rings. The fourth-order valence-electron chi connectivity index (χ4n) is 3.68.